The molecule has 0 bridgehead atoms. The Morgan fingerprint density at radius 1 is 0.652 bits per heavy atom. The molecule has 0 amide bonds. The highest BCUT2D eigenvalue weighted by molar-refractivity contribution is 7.18. The number of nitrogens with zero attached hydrogens (tertiary/aromatic N) is 3. The molecule has 0 spiro atoms. The number of hydrogen-bond donors (Lipinski definition) is 0. The molecular formula is C38H47N3O4S. The van der Waals surface area contributed by atoms with E-state index in [1.54, 1.807) is 18.3 Å². The quantitative estimate of drug-likeness (QED) is 0.171. The summed E-state index contributed by atoms with van der Waals surface area (Å²) < 4.78 is 12.1. The number of hydrogen-bond acceptors (Lipinski definition) is 8. The lowest BCUT2D eigenvalue weighted by Crippen LogP contribution is -1.95. The van der Waals surface area contributed by atoms with Crippen LogP contribution in [0.3, 0.4) is 0 Å². The minimum absolute atomic E-state index is 0. The van der Waals surface area contributed by atoms with Gasteiger partial charge in [0.05, 0.1) is 23.1 Å². The van der Waals surface area contributed by atoms with Gasteiger partial charge in [-0.3, -0.25) is 9.59 Å². The van der Waals surface area contributed by atoms with Gasteiger partial charge in [0.15, 0.2) is 17.1 Å². The van der Waals surface area contributed by atoms with Crippen LogP contribution in [0.15, 0.2) is 63.4 Å². The summed E-state index contributed by atoms with van der Waals surface area (Å²) in [6.07, 6.45) is 0.724. The number of fused-ring (bicyclic) bond motifs is 3. The molecule has 0 N–H and O–H groups in total. The fourth-order valence-electron chi connectivity index (χ4n) is 4.70. The first-order chi connectivity index (χ1) is 21.3. The number of carbonyl (C=O) groups is 2. The minimum atomic E-state index is 0. The molecule has 0 unspecified atom stereocenters. The maximum absolute atomic E-state index is 11.0. The third kappa shape index (κ3) is 9.66. The molecule has 6 aromatic rings. The van der Waals surface area contributed by atoms with Crippen LogP contribution < -0.4 is 0 Å². The Hall–Kier alpha value is -4.17. The molecule has 7 nitrogen and oxygen atoms in total. The number of rotatable bonds is 7. The van der Waals surface area contributed by atoms with Gasteiger partial charge in [-0.25, -0.2) is 15.0 Å². The maximum Gasteiger partial charge on any atom is 0.202 e. The highest BCUT2D eigenvalue weighted by atomic mass is 32.1. The first-order valence-corrected chi connectivity index (χ1v) is 16.2. The number of thiazole rings is 1. The van der Waals surface area contributed by atoms with Crippen molar-refractivity contribution in [3.8, 4) is 0 Å². The van der Waals surface area contributed by atoms with Gasteiger partial charge in [-0.05, 0) is 84.7 Å². The number of carbonyl (C=O) groups excluding carboxylic acids is 2. The van der Waals surface area contributed by atoms with E-state index in [1.165, 1.54) is 28.3 Å². The van der Waals surface area contributed by atoms with Crippen molar-refractivity contribution in [2.75, 3.05) is 0 Å². The standard InChI is InChI=1S/C13H15NO2.C13H15NOS.C11H13NO.CH4/c2*1-8(2)10-4-5-12-11(7-10)14-13(16-12)6-9(3)15;1-7(2)9-4-5-10-11(6-9)13-8(3)12-10;/h2*4-5,7-8H,6H2,1-3H3;4-7H,1-3H3;1H4. The van der Waals surface area contributed by atoms with Crippen molar-refractivity contribution in [2.45, 2.75) is 100 Å². The Morgan fingerprint density at radius 3 is 1.83 bits per heavy atom. The zero-order chi connectivity index (χ0) is 32.8. The van der Waals surface area contributed by atoms with Crippen molar-refractivity contribution in [1.82, 2.24) is 15.0 Å². The molecule has 0 radical (unpaired) electrons. The third-order valence-electron chi connectivity index (χ3n) is 7.23. The van der Waals surface area contributed by atoms with Crippen LogP contribution in [0.1, 0.15) is 114 Å². The van der Waals surface area contributed by atoms with Crippen molar-refractivity contribution < 1.29 is 18.4 Å². The SMILES string of the molecule is C.CC(=O)Cc1nc2cc(C(C)C)ccc2o1.CC(=O)Cc1nc2cc(C(C)C)ccc2s1.Cc1nc2ccc(C(C)C)cc2o1. The number of ketones is 2. The third-order valence-corrected chi connectivity index (χ3v) is 8.27. The Balaban J connectivity index is 0.000000187. The van der Waals surface area contributed by atoms with Crippen molar-refractivity contribution >= 4 is 55.3 Å². The van der Waals surface area contributed by atoms with Crippen LogP contribution >= 0.6 is 11.3 Å². The maximum atomic E-state index is 11.0. The normalized spacial score (nSPS) is 11.0. The fraction of sp³-hybridized carbons (Fsp3) is 0.395. The van der Waals surface area contributed by atoms with Gasteiger partial charge in [-0.15, -0.1) is 11.3 Å². The summed E-state index contributed by atoms with van der Waals surface area (Å²) in [6.45, 7) is 18.0. The predicted octanol–water partition coefficient (Wildman–Crippen LogP) is 10.5. The topological polar surface area (TPSA) is 99.1 Å². The molecule has 3 aromatic carbocycles. The summed E-state index contributed by atoms with van der Waals surface area (Å²) in [6, 6.07) is 18.5. The van der Waals surface area contributed by atoms with E-state index >= 15 is 0 Å². The largest absolute Gasteiger partial charge is 0.441 e. The molecule has 0 aliphatic rings. The lowest BCUT2D eigenvalue weighted by Gasteiger charge is -2.03. The molecule has 0 saturated carbocycles. The molecule has 3 heterocycles. The highest BCUT2D eigenvalue weighted by Crippen LogP contribution is 2.27. The zero-order valence-corrected chi connectivity index (χ0v) is 28.5. The van der Waals surface area contributed by atoms with Gasteiger partial charge in [-0.1, -0.05) is 67.2 Å². The average Bonchev–Trinajstić information content (AvgIpc) is 3.66. The van der Waals surface area contributed by atoms with Crippen LogP contribution in [0, 0.1) is 6.92 Å². The first-order valence-electron chi connectivity index (χ1n) is 15.4. The second kappa shape index (κ2) is 15.9. The van der Waals surface area contributed by atoms with Crippen molar-refractivity contribution in [2.24, 2.45) is 0 Å². The van der Waals surface area contributed by atoms with E-state index in [-0.39, 0.29) is 25.4 Å². The van der Waals surface area contributed by atoms with Crippen LogP contribution in [0.2, 0.25) is 0 Å². The molecule has 244 valence electrons. The summed E-state index contributed by atoms with van der Waals surface area (Å²) in [7, 11) is 0. The van der Waals surface area contributed by atoms with Gasteiger partial charge in [0.1, 0.15) is 27.6 Å². The van der Waals surface area contributed by atoms with Crippen molar-refractivity contribution in [3.05, 3.63) is 88.1 Å². The van der Waals surface area contributed by atoms with Gasteiger partial charge in [0, 0.05) is 6.92 Å². The Labute approximate surface area is 276 Å². The van der Waals surface area contributed by atoms with Crippen LogP contribution in [0.25, 0.3) is 32.4 Å². The second-order valence-electron chi connectivity index (χ2n) is 12.4. The van der Waals surface area contributed by atoms with E-state index in [4.69, 9.17) is 8.83 Å². The molecule has 0 aliphatic heterocycles. The van der Waals surface area contributed by atoms with Crippen molar-refractivity contribution in [1.29, 1.82) is 0 Å². The van der Waals surface area contributed by atoms with E-state index < -0.39 is 0 Å². The molecular weight excluding hydrogens is 595 g/mol. The van der Waals surface area contributed by atoms with Crippen LogP contribution in [0.5, 0.6) is 0 Å². The minimum Gasteiger partial charge on any atom is -0.441 e. The van der Waals surface area contributed by atoms with Crippen LogP contribution in [-0.4, -0.2) is 26.5 Å². The van der Waals surface area contributed by atoms with Gasteiger partial charge in [0.2, 0.25) is 5.89 Å². The van der Waals surface area contributed by atoms with E-state index in [0.717, 1.165) is 38.6 Å². The summed E-state index contributed by atoms with van der Waals surface area (Å²) in [5, 5.41) is 0.920. The zero-order valence-electron chi connectivity index (χ0n) is 27.7. The molecule has 0 aliphatic carbocycles. The summed E-state index contributed by atoms with van der Waals surface area (Å²) in [5.41, 5.74) is 8.27. The average molecular weight is 642 g/mol. The first kappa shape index (κ1) is 36.3. The number of aromatic nitrogens is 3. The Morgan fingerprint density at radius 2 is 1.22 bits per heavy atom. The smallest absolute Gasteiger partial charge is 0.202 e. The predicted molar refractivity (Wildman–Crippen MR) is 190 cm³/mol. The van der Waals surface area contributed by atoms with E-state index in [2.05, 4.69) is 86.8 Å². The van der Waals surface area contributed by atoms with E-state index in [1.807, 2.05) is 31.2 Å². The molecule has 0 atom stereocenters. The summed E-state index contributed by atoms with van der Waals surface area (Å²) in [5.74, 6) is 2.99. The lowest BCUT2D eigenvalue weighted by atomic mass is 10.0. The summed E-state index contributed by atoms with van der Waals surface area (Å²) in [4.78, 5) is 35.0. The molecule has 46 heavy (non-hydrogen) atoms. The second-order valence-corrected chi connectivity index (χ2v) is 13.5. The molecule has 8 heteroatoms. The lowest BCUT2D eigenvalue weighted by molar-refractivity contribution is -0.117. The van der Waals surface area contributed by atoms with Gasteiger partial charge >= 0.3 is 0 Å². The Kier molecular flexibility index (Phi) is 12.5. The highest BCUT2D eigenvalue weighted by Gasteiger charge is 2.10. The number of benzene rings is 3. The molecule has 6 rings (SSSR count). The summed E-state index contributed by atoms with van der Waals surface area (Å²) >= 11 is 1.61. The number of Topliss-reactive ketones (excluding diaryl/α,β-unsaturated/α-hetero) is 2. The Bertz CT molecular complexity index is 1830. The molecule has 0 fully saturated rings. The number of aryl methyl sites for hydroxylation is 1. The van der Waals surface area contributed by atoms with Crippen LogP contribution in [0.4, 0.5) is 0 Å². The molecule has 3 aromatic heterocycles. The monoisotopic (exact) mass is 641 g/mol. The van der Waals surface area contributed by atoms with Crippen molar-refractivity contribution in [3.63, 3.8) is 0 Å². The van der Waals surface area contributed by atoms with Gasteiger partial charge in [0.25, 0.3) is 0 Å². The molecule has 0 saturated heterocycles. The van der Waals surface area contributed by atoms with Gasteiger partial charge in [-0.2, -0.15) is 0 Å². The van der Waals surface area contributed by atoms with Crippen LogP contribution in [-0.2, 0) is 22.4 Å². The van der Waals surface area contributed by atoms with E-state index in [9.17, 15) is 9.59 Å². The fourth-order valence-corrected chi connectivity index (χ4v) is 5.71. The van der Waals surface area contributed by atoms with E-state index in [0.29, 0.717) is 30.1 Å². The van der Waals surface area contributed by atoms with Gasteiger partial charge < -0.3 is 8.83 Å². The number of oxazole rings is 2.